The van der Waals surface area contributed by atoms with Gasteiger partial charge in [0.25, 0.3) is 0 Å². The van der Waals surface area contributed by atoms with Crippen molar-refractivity contribution in [1.82, 2.24) is 5.32 Å². The maximum absolute atomic E-state index is 9.85. The van der Waals surface area contributed by atoms with E-state index in [0.29, 0.717) is 19.8 Å². The second-order valence-electron chi connectivity index (χ2n) is 5.14. The van der Waals surface area contributed by atoms with Gasteiger partial charge in [0, 0.05) is 23.7 Å². The molecule has 1 aliphatic rings. The molecule has 0 aromatic heterocycles. The fourth-order valence-electron chi connectivity index (χ4n) is 2.49. The number of benzene rings is 1. The lowest BCUT2D eigenvalue weighted by Crippen LogP contribution is -2.51. The van der Waals surface area contributed by atoms with Crippen molar-refractivity contribution in [3.05, 3.63) is 34.9 Å². The van der Waals surface area contributed by atoms with Crippen molar-refractivity contribution < 1.29 is 9.84 Å². The van der Waals surface area contributed by atoms with E-state index in [1.54, 1.807) is 0 Å². The molecule has 0 heterocycles. The summed E-state index contributed by atoms with van der Waals surface area (Å²) < 4.78 is 5.23. The number of aliphatic hydroxyl groups excluding tert-OH is 1. The molecule has 1 atom stereocenters. The van der Waals surface area contributed by atoms with Crippen molar-refractivity contribution in [3.8, 4) is 0 Å². The highest BCUT2D eigenvalue weighted by Crippen LogP contribution is 2.41. The average molecular weight is 284 g/mol. The van der Waals surface area contributed by atoms with Crippen LogP contribution in [0.5, 0.6) is 0 Å². The van der Waals surface area contributed by atoms with E-state index < -0.39 is 6.10 Å². The molecular formula is C15H22ClNO2. The Bertz CT molecular complexity index is 390. The van der Waals surface area contributed by atoms with Gasteiger partial charge in [-0.25, -0.2) is 0 Å². The minimum absolute atomic E-state index is 0.0117. The second kappa shape index (κ2) is 6.71. The predicted octanol–water partition coefficient (Wildman–Crippen LogP) is 2.71. The molecule has 0 saturated heterocycles. The minimum Gasteiger partial charge on any atom is -0.389 e. The van der Waals surface area contributed by atoms with Crippen LogP contribution in [0.25, 0.3) is 0 Å². The van der Waals surface area contributed by atoms with Gasteiger partial charge < -0.3 is 15.2 Å². The molecule has 0 radical (unpaired) electrons. The van der Waals surface area contributed by atoms with E-state index in [4.69, 9.17) is 16.3 Å². The summed E-state index contributed by atoms with van der Waals surface area (Å²) in [4.78, 5) is 0. The third kappa shape index (κ3) is 3.69. The fraction of sp³-hybridized carbons (Fsp3) is 0.600. The molecule has 1 saturated carbocycles. The van der Waals surface area contributed by atoms with Gasteiger partial charge >= 0.3 is 0 Å². The molecule has 19 heavy (non-hydrogen) atoms. The Hall–Kier alpha value is -0.610. The van der Waals surface area contributed by atoms with Crippen LogP contribution < -0.4 is 5.32 Å². The van der Waals surface area contributed by atoms with Crippen LogP contribution in [0.2, 0.25) is 5.02 Å². The highest BCUT2D eigenvalue weighted by Gasteiger charge is 2.38. The monoisotopic (exact) mass is 283 g/mol. The van der Waals surface area contributed by atoms with Crippen LogP contribution in [0, 0.1) is 0 Å². The van der Waals surface area contributed by atoms with Crippen LogP contribution in [0.15, 0.2) is 24.3 Å². The SMILES string of the molecule is CCOC[C@H](O)CNC1(c2ccc(Cl)cc2)CCC1. The Morgan fingerprint density at radius 3 is 2.58 bits per heavy atom. The van der Waals surface area contributed by atoms with Crippen molar-refractivity contribution in [2.24, 2.45) is 0 Å². The number of ether oxygens (including phenoxy) is 1. The van der Waals surface area contributed by atoms with Gasteiger partial charge in [0.05, 0.1) is 12.7 Å². The number of aliphatic hydroxyl groups is 1. The largest absolute Gasteiger partial charge is 0.389 e. The molecular weight excluding hydrogens is 262 g/mol. The van der Waals surface area contributed by atoms with Gasteiger partial charge in [-0.15, -0.1) is 0 Å². The highest BCUT2D eigenvalue weighted by atomic mass is 35.5. The molecule has 1 aromatic rings. The van der Waals surface area contributed by atoms with Crippen LogP contribution in [0.1, 0.15) is 31.7 Å². The van der Waals surface area contributed by atoms with Gasteiger partial charge in [0.15, 0.2) is 0 Å². The molecule has 2 rings (SSSR count). The van der Waals surface area contributed by atoms with Crippen molar-refractivity contribution in [2.45, 2.75) is 37.8 Å². The molecule has 1 fully saturated rings. The Morgan fingerprint density at radius 2 is 2.05 bits per heavy atom. The normalized spacial score (nSPS) is 18.9. The summed E-state index contributed by atoms with van der Waals surface area (Å²) in [5.74, 6) is 0. The molecule has 0 unspecified atom stereocenters. The summed E-state index contributed by atoms with van der Waals surface area (Å²) >= 11 is 5.93. The van der Waals surface area contributed by atoms with E-state index in [1.165, 1.54) is 12.0 Å². The van der Waals surface area contributed by atoms with Crippen molar-refractivity contribution in [2.75, 3.05) is 19.8 Å². The molecule has 106 valence electrons. The predicted molar refractivity (Wildman–Crippen MR) is 77.5 cm³/mol. The zero-order chi connectivity index (χ0) is 13.7. The van der Waals surface area contributed by atoms with E-state index >= 15 is 0 Å². The van der Waals surface area contributed by atoms with Crippen LogP contribution in [0.3, 0.4) is 0 Å². The smallest absolute Gasteiger partial charge is 0.0897 e. The summed E-state index contributed by atoms with van der Waals surface area (Å²) in [6.07, 6.45) is 2.98. The van der Waals surface area contributed by atoms with Crippen LogP contribution in [-0.2, 0) is 10.3 Å². The molecule has 0 spiro atoms. The third-order valence-electron chi connectivity index (χ3n) is 3.79. The molecule has 3 nitrogen and oxygen atoms in total. The minimum atomic E-state index is -0.454. The van der Waals surface area contributed by atoms with Crippen molar-refractivity contribution in [1.29, 1.82) is 0 Å². The van der Waals surface area contributed by atoms with Gasteiger partial charge in [-0.05, 0) is 43.9 Å². The molecule has 0 aliphatic heterocycles. The van der Waals surface area contributed by atoms with Crippen molar-refractivity contribution in [3.63, 3.8) is 0 Å². The van der Waals surface area contributed by atoms with Gasteiger partial charge in [-0.1, -0.05) is 23.7 Å². The van der Waals surface area contributed by atoms with E-state index in [0.717, 1.165) is 17.9 Å². The van der Waals surface area contributed by atoms with Gasteiger partial charge in [-0.2, -0.15) is 0 Å². The summed E-state index contributed by atoms with van der Waals surface area (Å²) in [7, 11) is 0. The molecule has 1 aliphatic carbocycles. The number of nitrogens with one attached hydrogen (secondary N) is 1. The molecule has 0 bridgehead atoms. The zero-order valence-corrected chi connectivity index (χ0v) is 12.1. The first-order valence-electron chi connectivity index (χ1n) is 6.93. The number of hydrogen-bond acceptors (Lipinski definition) is 3. The van der Waals surface area contributed by atoms with Crippen LogP contribution in [0.4, 0.5) is 0 Å². The fourth-order valence-corrected chi connectivity index (χ4v) is 2.62. The Kier molecular flexibility index (Phi) is 5.22. The van der Waals surface area contributed by atoms with Crippen molar-refractivity contribution >= 4 is 11.6 Å². The lowest BCUT2D eigenvalue weighted by atomic mass is 9.72. The van der Waals surface area contributed by atoms with Gasteiger partial charge in [-0.3, -0.25) is 0 Å². The first-order chi connectivity index (χ1) is 9.16. The van der Waals surface area contributed by atoms with E-state index in [-0.39, 0.29) is 5.54 Å². The Morgan fingerprint density at radius 1 is 1.37 bits per heavy atom. The zero-order valence-electron chi connectivity index (χ0n) is 11.4. The van der Waals surface area contributed by atoms with Gasteiger partial charge in [0.1, 0.15) is 0 Å². The lowest BCUT2D eigenvalue weighted by molar-refractivity contribution is 0.0323. The average Bonchev–Trinajstić information content (AvgIpc) is 2.37. The topological polar surface area (TPSA) is 41.5 Å². The molecule has 1 aromatic carbocycles. The number of halogens is 1. The summed E-state index contributed by atoms with van der Waals surface area (Å²) in [6.45, 7) is 3.52. The molecule has 0 amide bonds. The Balaban J connectivity index is 1.93. The number of rotatable bonds is 7. The van der Waals surface area contributed by atoms with Crippen LogP contribution in [-0.4, -0.2) is 31.0 Å². The summed E-state index contributed by atoms with van der Waals surface area (Å²) in [6, 6.07) is 8.00. The Labute approximate surface area is 119 Å². The third-order valence-corrected chi connectivity index (χ3v) is 4.05. The van der Waals surface area contributed by atoms with E-state index in [2.05, 4.69) is 17.4 Å². The summed E-state index contributed by atoms with van der Waals surface area (Å²) in [5.41, 5.74) is 1.27. The van der Waals surface area contributed by atoms with Crippen LogP contribution >= 0.6 is 11.6 Å². The molecule has 4 heteroatoms. The highest BCUT2D eigenvalue weighted by molar-refractivity contribution is 6.30. The number of hydrogen-bond donors (Lipinski definition) is 2. The summed E-state index contributed by atoms with van der Waals surface area (Å²) in [5, 5.41) is 14.1. The maximum atomic E-state index is 9.85. The van der Waals surface area contributed by atoms with E-state index in [9.17, 15) is 5.11 Å². The van der Waals surface area contributed by atoms with E-state index in [1.807, 2.05) is 19.1 Å². The standard InChI is InChI=1S/C15H22ClNO2/c1-2-19-11-14(18)10-17-15(8-3-9-15)12-4-6-13(16)7-5-12/h4-7,14,17-18H,2-3,8-11H2,1H3/t14-/m1/s1. The first-order valence-corrected chi connectivity index (χ1v) is 7.31. The maximum Gasteiger partial charge on any atom is 0.0897 e. The van der Waals surface area contributed by atoms with Gasteiger partial charge in [0.2, 0.25) is 0 Å². The molecule has 2 N–H and O–H groups in total. The second-order valence-corrected chi connectivity index (χ2v) is 5.57. The first kappa shape index (κ1) is 14.8. The lowest BCUT2D eigenvalue weighted by Gasteiger charge is -2.44. The quantitative estimate of drug-likeness (QED) is 0.808.